The molecule has 1 aliphatic rings. The summed E-state index contributed by atoms with van der Waals surface area (Å²) < 4.78 is 44.9. The molecule has 2 aromatic heterocycles. The Morgan fingerprint density at radius 2 is 1.91 bits per heavy atom. The highest BCUT2D eigenvalue weighted by atomic mass is 35.5. The van der Waals surface area contributed by atoms with Crippen molar-refractivity contribution < 1.29 is 23.0 Å². The first-order valence-corrected chi connectivity index (χ1v) is 6.98. The van der Waals surface area contributed by atoms with Crippen LogP contribution in [-0.4, -0.2) is 27.4 Å². The summed E-state index contributed by atoms with van der Waals surface area (Å²) in [6, 6.07) is 1.27. The number of halogens is 4. The van der Waals surface area contributed by atoms with Crippen molar-refractivity contribution in [2.24, 2.45) is 0 Å². The highest BCUT2D eigenvalue weighted by Crippen LogP contribution is 2.43. The maximum absolute atomic E-state index is 13.1. The number of aromatic nitrogens is 2. The Morgan fingerprint density at radius 1 is 1.23 bits per heavy atom. The molecule has 2 heterocycles. The van der Waals surface area contributed by atoms with Crippen molar-refractivity contribution in [1.29, 1.82) is 0 Å². The van der Waals surface area contributed by atoms with Crippen LogP contribution >= 0.6 is 11.6 Å². The molecule has 1 fully saturated rings. The number of hydrogen-bond acceptors (Lipinski definition) is 4. The summed E-state index contributed by atoms with van der Waals surface area (Å²) in [6.45, 7) is 0.680. The van der Waals surface area contributed by atoms with Crippen LogP contribution in [0.25, 0.3) is 10.8 Å². The van der Waals surface area contributed by atoms with Gasteiger partial charge in [-0.05, 0) is 31.2 Å². The van der Waals surface area contributed by atoms with Crippen molar-refractivity contribution >= 4 is 22.4 Å². The van der Waals surface area contributed by atoms with Crippen LogP contribution in [0.4, 0.5) is 13.2 Å². The third-order valence-electron chi connectivity index (χ3n) is 3.58. The fraction of sp³-hybridized carbons (Fsp3) is 0.429. The highest BCUT2D eigenvalue weighted by Gasteiger charge is 2.52. The van der Waals surface area contributed by atoms with Crippen LogP contribution in [0.2, 0.25) is 5.15 Å². The lowest BCUT2D eigenvalue weighted by atomic mass is 9.93. The average Bonchev–Trinajstić information content (AvgIpc) is 3.21. The van der Waals surface area contributed by atoms with Crippen molar-refractivity contribution in [3.05, 3.63) is 29.2 Å². The van der Waals surface area contributed by atoms with Crippen molar-refractivity contribution in [3.63, 3.8) is 0 Å². The number of rotatable bonds is 3. The second kappa shape index (κ2) is 4.96. The molecule has 0 radical (unpaired) electrons. The van der Waals surface area contributed by atoms with Gasteiger partial charge in [-0.3, -0.25) is 0 Å². The second-order valence-corrected chi connectivity index (χ2v) is 5.80. The van der Waals surface area contributed by atoms with Gasteiger partial charge in [0, 0.05) is 18.0 Å². The van der Waals surface area contributed by atoms with Gasteiger partial charge in [-0.15, -0.1) is 0 Å². The van der Waals surface area contributed by atoms with Gasteiger partial charge in [0.05, 0.1) is 5.39 Å². The molecule has 2 aromatic rings. The van der Waals surface area contributed by atoms with Gasteiger partial charge in [0.1, 0.15) is 11.3 Å². The predicted octanol–water partition coefficient (Wildman–Crippen LogP) is 3.59. The van der Waals surface area contributed by atoms with E-state index in [9.17, 15) is 18.3 Å². The van der Waals surface area contributed by atoms with Crippen LogP contribution in [0.15, 0.2) is 18.5 Å². The average molecular weight is 333 g/mol. The molecule has 1 atom stereocenters. The van der Waals surface area contributed by atoms with E-state index in [2.05, 4.69) is 9.97 Å². The normalized spacial score (nSPS) is 18.3. The summed E-state index contributed by atoms with van der Waals surface area (Å²) in [4.78, 5) is 7.79. The molecule has 0 bridgehead atoms. The molecule has 0 aliphatic heterocycles. The van der Waals surface area contributed by atoms with Crippen LogP contribution in [0, 0.1) is 0 Å². The predicted molar refractivity (Wildman–Crippen MR) is 73.8 cm³/mol. The minimum atomic E-state index is -4.85. The molecule has 4 nitrogen and oxygen atoms in total. The monoisotopic (exact) mass is 332 g/mol. The number of fused-ring (bicyclic) bond motifs is 1. The fourth-order valence-corrected chi connectivity index (χ4v) is 2.22. The number of ether oxygens (including phenoxy) is 1. The fourth-order valence-electron chi connectivity index (χ4n) is 2.06. The van der Waals surface area contributed by atoms with Crippen molar-refractivity contribution in [3.8, 4) is 5.88 Å². The highest BCUT2D eigenvalue weighted by molar-refractivity contribution is 6.30. The van der Waals surface area contributed by atoms with Gasteiger partial charge in [0.25, 0.3) is 0 Å². The molecular formula is C14H12ClF3N2O2. The lowest BCUT2D eigenvalue weighted by Gasteiger charge is -2.27. The number of pyridine rings is 2. The molecule has 0 saturated heterocycles. The van der Waals surface area contributed by atoms with Gasteiger partial charge in [-0.1, -0.05) is 11.6 Å². The molecule has 1 saturated carbocycles. The zero-order valence-corrected chi connectivity index (χ0v) is 12.2. The SMILES string of the molecule is C[C@@](O)(c1cnc(OC2CC2)c2cnc(Cl)cc12)C(F)(F)F. The Balaban J connectivity index is 2.21. The van der Waals surface area contributed by atoms with Crippen molar-refractivity contribution in [2.45, 2.75) is 37.6 Å². The van der Waals surface area contributed by atoms with Crippen LogP contribution in [0.3, 0.4) is 0 Å². The number of hydrogen-bond donors (Lipinski definition) is 1. The van der Waals surface area contributed by atoms with Gasteiger partial charge in [-0.25, -0.2) is 9.97 Å². The molecule has 1 N–H and O–H groups in total. The van der Waals surface area contributed by atoms with Crippen molar-refractivity contribution in [1.82, 2.24) is 9.97 Å². The second-order valence-electron chi connectivity index (χ2n) is 5.42. The summed E-state index contributed by atoms with van der Waals surface area (Å²) in [6.07, 6.45) is -0.781. The molecule has 118 valence electrons. The van der Waals surface area contributed by atoms with Crippen LogP contribution < -0.4 is 4.74 Å². The minimum Gasteiger partial charge on any atom is -0.474 e. The molecule has 22 heavy (non-hydrogen) atoms. The van der Waals surface area contributed by atoms with Crippen LogP contribution in [-0.2, 0) is 5.60 Å². The molecule has 0 unspecified atom stereocenters. The smallest absolute Gasteiger partial charge is 0.421 e. The topological polar surface area (TPSA) is 55.2 Å². The Hall–Kier alpha value is -1.60. The summed E-state index contributed by atoms with van der Waals surface area (Å²) in [7, 11) is 0. The largest absolute Gasteiger partial charge is 0.474 e. The zero-order chi connectivity index (χ0) is 16.1. The van der Waals surface area contributed by atoms with Crippen LogP contribution in [0.5, 0.6) is 5.88 Å². The van der Waals surface area contributed by atoms with Gasteiger partial charge in [0.15, 0.2) is 5.60 Å². The van der Waals surface area contributed by atoms with E-state index in [0.717, 1.165) is 19.0 Å². The summed E-state index contributed by atoms with van der Waals surface area (Å²) >= 11 is 5.79. The van der Waals surface area contributed by atoms with Crippen molar-refractivity contribution in [2.75, 3.05) is 0 Å². The Labute approximate surface area is 128 Å². The lowest BCUT2D eigenvalue weighted by molar-refractivity contribution is -0.258. The molecule has 3 rings (SSSR count). The standard InChI is InChI=1S/C14H12ClF3N2O2/c1-13(21,14(16,17)18)10-6-20-12(22-7-2-3-7)9-5-19-11(15)4-8(9)10/h4-7,21H,2-3H2,1H3/t13-/m1/s1. The van der Waals surface area contributed by atoms with E-state index in [1.54, 1.807) is 0 Å². The molecule has 1 aliphatic carbocycles. The Kier molecular flexibility index (Phi) is 3.45. The Bertz CT molecular complexity index is 730. The summed E-state index contributed by atoms with van der Waals surface area (Å²) in [5, 5.41) is 10.4. The third kappa shape index (κ3) is 2.59. The van der Waals surface area contributed by atoms with E-state index in [1.807, 2.05) is 0 Å². The number of alkyl halides is 3. The maximum atomic E-state index is 13.1. The first kappa shape index (κ1) is 15.3. The van der Waals surface area contributed by atoms with Gasteiger partial charge in [0.2, 0.25) is 5.88 Å². The quantitative estimate of drug-likeness (QED) is 0.873. The Morgan fingerprint density at radius 3 is 2.50 bits per heavy atom. The molecule has 0 amide bonds. The first-order valence-electron chi connectivity index (χ1n) is 6.60. The maximum Gasteiger partial charge on any atom is 0.421 e. The van der Waals surface area contributed by atoms with Gasteiger partial charge in [-0.2, -0.15) is 13.2 Å². The third-order valence-corrected chi connectivity index (χ3v) is 3.79. The molecular weight excluding hydrogens is 321 g/mol. The molecule has 0 spiro atoms. The molecule has 0 aromatic carbocycles. The van der Waals surface area contributed by atoms with E-state index in [4.69, 9.17) is 16.3 Å². The first-order chi connectivity index (χ1) is 10.2. The number of aliphatic hydroxyl groups is 1. The van der Waals surface area contributed by atoms with Crippen LogP contribution in [0.1, 0.15) is 25.3 Å². The van der Waals surface area contributed by atoms with Gasteiger partial charge < -0.3 is 9.84 Å². The van der Waals surface area contributed by atoms with E-state index < -0.39 is 11.8 Å². The molecule has 8 heteroatoms. The zero-order valence-electron chi connectivity index (χ0n) is 11.5. The summed E-state index contributed by atoms with van der Waals surface area (Å²) in [5.74, 6) is 0.198. The van der Waals surface area contributed by atoms with E-state index in [1.165, 1.54) is 12.3 Å². The van der Waals surface area contributed by atoms with E-state index >= 15 is 0 Å². The van der Waals surface area contributed by atoms with E-state index in [-0.39, 0.29) is 28.1 Å². The minimum absolute atomic E-state index is 0.0234. The van der Waals surface area contributed by atoms with Gasteiger partial charge >= 0.3 is 6.18 Å². The summed E-state index contributed by atoms with van der Waals surface area (Å²) in [5.41, 5.74) is -3.44. The lowest BCUT2D eigenvalue weighted by Crippen LogP contribution is -2.39. The number of nitrogens with zero attached hydrogens (tertiary/aromatic N) is 2. The van der Waals surface area contributed by atoms with E-state index in [0.29, 0.717) is 12.3 Å².